The molecule has 0 spiro atoms. The normalized spacial score (nSPS) is 16.4. The number of ether oxygens (including phenoxy) is 1. The van der Waals surface area contributed by atoms with E-state index in [4.69, 9.17) is 4.74 Å². The Morgan fingerprint density at radius 1 is 1.07 bits per heavy atom. The zero-order valence-electron chi connectivity index (χ0n) is 15.9. The van der Waals surface area contributed by atoms with Gasteiger partial charge in [-0.3, -0.25) is 4.79 Å². The van der Waals surface area contributed by atoms with E-state index in [1.807, 2.05) is 54.6 Å². The number of hydrogen-bond donors (Lipinski definition) is 2. The molecule has 1 atom stereocenters. The number of benzene rings is 2. The first-order valence-corrected chi connectivity index (χ1v) is 9.57. The first-order valence-electron chi connectivity index (χ1n) is 9.57. The largest absolute Gasteiger partial charge is 0.491 e. The van der Waals surface area contributed by atoms with Gasteiger partial charge in [0.1, 0.15) is 23.7 Å². The zero-order chi connectivity index (χ0) is 20.5. The van der Waals surface area contributed by atoms with Gasteiger partial charge in [-0.25, -0.2) is 9.50 Å². The molecule has 1 aliphatic rings. The van der Waals surface area contributed by atoms with Crippen molar-refractivity contribution >= 4 is 17.4 Å². The summed E-state index contributed by atoms with van der Waals surface area (Å²) in [6.45, 7) is 0.453. The van der Waals surface area contributed by atoms with Crippen molar-refractivity contribution in [1.82, 2.24) is 19.9 Å². The van der Waals surface area contributed by atoms with Crippen molar-refractivity contribution in [2.75, 3.05) is 18.5 Å². The lowest BCUT2D eigenvalue weighted by Crippen LogP contribution is -2.28. The third-order valence-electron chi connectivity index (χ3n) is 4.97. The van der Waals surface area contributed by atoms with E-state index in [0.29, 0.717) is 11.6 Å². The van der Waals surface area contributed by atoms with Crippen LogP contribution in [0.25, 0.3) is 5.65 Å². The fourth-order valence-corrected chi connectivity index (χ4v) is 3.58. The Balaban J connectivity index is 1.68. The molecular formula is C22H18FN5O2. The van der Waals surface area contributed by atoms with Crippen LogP contribution in [0.5, 0.6) is 5.75 Å². The average Bonchev–Trinajstić information content (AvgIpc) is 3.10. The SMILES string of the molecule is O=C1NCCOc2ccccc2C(c2ccccc2)Nc2ccn3nc(F)c1c3n2. The van der Waals surface area contributed by atoms with Gasteiger partial charge in [0.15, 0.2) is 5.65 Å². The lowest BCUT2D eigenvalue weighted by Gasteiger charge is -2.23. The Labute approximate surface area is 171 Å². The smallest absolute Gasteiger partial charge is 0.260 e. The molecule has 30 heavy (non-hydrogen) atoms. The quantitative estimate of drug-likeness (QED) is 0.510. The Morgan fingerprint density at radius 2 is 1.87 bits per heavy atom. The summed E-state index contributed by atoms with van der Waals surface area (Å²) >= 11 is 0. The highest BCUT2D eigenvalue weighted by Gasteiger charge is 2.24. The molecule has 1 aliphatic heterocycles. The van der Waals surface area contributed by atoms with Crippen LogP contribution in [-0.4, -0.2) is 33.7 Å². The lowest BCUT2D eigenvalue weighted by molar-refractivity contribution is 0.0944. The molecule has 0 fully saturated rings. The third-order valence-corrected chi connectivity index (χ3v) is 4.97. The number of nitrogens with zero attached hydrogens (tertiary/aromatic N) is 3. The summed E-state index contributed by atoms with van der Waals surface area (Å²) in [5.74, 6) is -0.263. The highest BCUT2D eigenvalue weighted by atomic mass is 19.1. The van der Waals surface area contributed by atoms with Gasteiger partial charge in [0.05, 0.1) is 12.6 Å². The van der Waals surface area contributed by atoms with Crippen molar-refractivity contribution < 1.29 is 13.9 Å². The monoisotopic (exact) mass is 403 g/mol. The van der Waals surface area contributed by atoms with Gasteiger partial charge in [0.2, 0.25) is 5.95 Å². The van der Waals surface area contributed by atoms with Crippen LogP contribution in [0.4, 0.5) is 10.2 Å². The summed E-state index contributed by atoms with van der Waals surface area (Å²) in [7, 11) is 0. The maximum atomic E-state index is 14.4. The van der Waals surface area contributed by atoms with Crippen molar-refractivity contribution in [3.05, 3.63) is 89.5 Å². The highest BCUT2D eigenvalue weighted by Crippen LogP contribution is 2.33. The molecule has 0 radical (unpaired) electrons. The summed E-state index contributed by atoms with van der Waals surface area (Å²) in [4.78, 5) is 17.0. The summed E-state index contributed by atoms with van der Waals surface area (Å²) in [6.07, 6.45) is 1.58. The van der Waals surface area contributed by atoms with E-state index < -0.39 is 11.9 Å². The first kappa shape index (κ1) is 18.1. The molecule has 5 rings (SSSR count). The third kappa shape index (κ3) is 3.22. The number of nitrogens with one attached hydrogen (secondary N) is 2. The minimum Gasteiger partial charge on any atom is -0.491 e. The number of amides is 1. The van der Waals surface area contributed by atoms with Crippen LogP contribution in [0, 0.1) is 5.95 Å². The molecule has 0 aliphatic carbocycles. The van der Waals surface area contributed by atoms with Crippen LogP contribution < -0.4 is 15.4 Å². The van der Waals surface area contributed by atoms with E-state index in [0.717, 1.165) is 11.1 Å². The van der Waals surface area contributed by atoms with E-state index in [1.165, 1.54) is 4.52 Å². The maximum absolute atomic E-state index is 14.4. The minimum atomic E-state index is -0.865. The van der Waals surface area contributed by atoms with Crippen LogP contribution in [0.1, 0.15) is 27.5 Å². The Morgan fingerprint density at radius 3 is 2.73 bits per heavy atom. The minimum absolute atomic E-state index is 0.148. The second-order valence-electron chi connectivity index (χ2n) is 6.88. The molecule has 4 aromatic rings. The van der Waals surface area contributed by atoms with Crippen molar-refractivity contribution in [2.45, 2.75) is 6.04 Å². The topological polar surface area (TPSA) is 80.5 Å². The summed E-state index contributed by atoms with van der Waals surface area (Å²) in [5, 5.41) is 9.84. The molecule has 2 aromatic carbocycles. The Bertz CT molecular complexity index is 1220. The number of hydrogen-bond acceptors (Lipinski definition) is 5. The second-order valence-corrected chi connectivity index (χ2v) is 6.88. The number of halogens is 1. The maximum Gasteiger partial charge on any atom is 0.260 e. The standard InChI is InChI=1S/C22H18FN5O2/c23-20-18-21-26-17(10-12-28(21)27-20)25-19(14-6-2-1-3-7-14)15-8-4-5-9-16(15)30-13-11-24-22(18)29/h1-10,12,19H,11,13H2,(H,24,29)(H,25,26). The molecule has 7 nitrogen and oxygen atoms in total. The van der Waals surface area contributed by atoms with E-state index in [-0.39, 0.29) is 30.4 Å². The van der Waals surface area contributed by atoms with Crippen molar-refractivity contribution in [3.8, 4) is 5.75 Å². The molecule has 2 bridgehead atoms. The molecule has 1 unspecified atom stereocenters. The summed E-state index contributed by atoms with van der Waals surface area (Å²) in [6, 6.07) is 19.1. The van der Waals surface area contributed by atoms with Gasteiger partial charge >= 0.3 is 0 Å². The molecule has 0 saturated carbocycles. The number of carbonyl (C=O) groups is 1. The lowest BCUT2D eigenvalue weighted by atomic mass is 9.97. The fraction of sp³-hybridized carbons (Fsp3) is 0.136. The zero-order valence-corrected chi connectivity index (χ0v) is 15.9. The summed E-state index contributed by atoms with van der Waals surface area (Å²) in [5.41, 5.74) is 1.90. The highest BCUT2D eigenvalue weighted by molar-refractivity contribution is 6.00. The number of fused-ring (bicyclic) bond motifs is 2. The molecule has 150 valence electrons. The van der Waals surface area contributed by atoms with Gasteiger partial charge < -0.3 is 15.4 Å². The van der Waals surface area contributed by atoms with E-state index >= 15 is 0 Å². The van der Waals surface area contributed by atoms with Crippen LogP contribution in [0.2, 0.25) is 0 Å². The van der Waals surface area contributed by atoms with Crippen molar-refractivity contribution in [3.63, 3.8) is 0 Å². The van der Waals surface area contributed by atoms with Crippen molar-refractivity contribution in [2.24, 2.45) is 0 Å². The molecule has 0 saturated heterocycles. The number of anilines is 1. The number of para-hydroxylation sites is 1. The van der Waals surface area contributed by atoms with Crippen LogP contribution >= 0.6 is 0 Å². The molecule has 8 heteroatoms. The van der Waals surface area contributed by atoms with Gasteiger partial charge in [-0.1, -0.05) is 48.5 Å². The van der Waals surface area contributed by atoms with Gasteiger partial charge in [0.25, 0.3) is 5.91 Å². The summed E-state index contributed by atoms with van der Waals surface area (Å²) < 4.78 is 21.6. The number of aromatic nitrogens is 3. The van der Waals surface area contributed by atoms with E-state index in [9.17, 15) is 9.18 Å². The fourth-order valence-electron chi connectivity index (χ4n) is 3.58. The molecule has 3 heterocycles. The van der Waals surface area contributed by atoms with Crippen molar-refractivity contribution in [1.29, 1.82) is 0 Å². The van der Waals surface area contributed by atoms with Gasteiger partial charge in [-0.15, -0.1) is 5.10 Å². The first-order chi connectivity index (χ1) is 14.7. The predicted octanol–water partition coefficient (Wildman–Crippen LogP) is 3.19. The molecular weight excluding hydrogens is 385 g/mol. The number of rotatable bonds is 1. The Hall–Kier alpha value is -3.94. The van der Waals surface area contributed by atoms with Gasteiger partial charge in [0, 0.05) is 11.8 Å². The second kappa shape index (κ2) is 7.47. The number of carbonyl (C=O) groups excluding carboxylic acids is 1. The molecule has 2 N–H and O–H groups in total. The molecule has 2 aromatic heterocycles. The Kier molecular flexibility index (Phi) is 4.51. The van der Waals surface area contributed by atoms with Crippen LogP contribution in [0.15, 0.2) is 66.9 Å². The average molecular weight is 403 g/mol. The van der Waals surface area contributed by atoms with Gasteiger partial charge in [-0.05, 0) is 17.7 Å². The van der Waals surface area contributed by atoms with Crippen LogP contribution in [0.3, 0.4) is 0 Å². The van der Waals surface area contributed by atoms with Crippen LogP contribution in [-0.2, 0) is 0 Å². The van der Waals surface area contributed by atoms with E-state index in [2.05, 4.69) is 20.7 Å². The predicted molar refractivity (Wildman–Crippen MR) is 109 cm³/mol. The molecule has 1 amide bonds. The van der Waals surface area contributed by atoms with Gasteiger partial charge in [-0.2, -0.15) is 4.39 Å². The van der Waals surface area contributed by atoms with E-state index in [1.54, 1.807) is 12.3 Å².